The summed E-state index contributed by atoms with van der Waals surface area (Å²) >= 11 is 15.0. The highest BCUT2D eigenvalue weighted by Crippen LogP contribution is 2.33. The van der Waals surface area contributed by atoms with E-state index in [0.29, 0.717) is 4.47 Å². The van der Waals surface area contributed by atoms with E-state index in [9.17, 15) is 13.2 Å². The molecule has 2 rings (SSSR count). The zero-order valence-electron chi connectivity index (χ0n) is 10.4. The van der Waals surface area contributed by atoms with Crippen molar-refractivity contribution in [3.05, 3.63) is 38.8 Å². The Morgan fingerprint density at radius 3 is 2.33 bits per heavy atom. The molecular weight excluding hydrogens is 405 g/mol. The molecule has 0 radical (unpaired) electrons. The van der Waals surface area contributed by atoms with Gasteiger partial charge in [0.05, 0.1) is 16.0 Å². The van der Waals surface area contributed by atoms with Crippen molar-refractivity contribution < 1.29 is 18.3 Å². The van der Waals surface area contributed by atoms with E-state index in [0.717, 1.165) is 0 Å². The van der Waals surface area contributed by atoms with Gasteiger partial charge in [0.25, 0.3) is 0 Å². The summed E-state index contributed by atoms with van der Waals surface area (Å²) in [6, 6.07) is 2.24. The minimum absolute atomic E-state index is 0.0152. The average Bonchev–Trinajstić information content (AvgIpc) is 2.74. The van der Waals surface area contributed by atoms with Crippen molar-refractivity contribution >= 4 is 55.1 Å². The lowest BCUT2D eigenvalue weighted by atomic mass is 10.1. The van der Waals surface area contributed by atoms with Crippen LogP contribution >= 0.6 is 39.1 Å². The van der Waals surface area contributed by atoms with Gasteiger partial charge in [0.2, 0.25) is 10.0 Å². The standard InChI is InChI=1S/C12H10BrCl2NO4S/c13-7-4-9(14)11(10(15)5-7)21(19,20)16-8-2-1-6(3-8)12(17)18/h1-2,4-6,8,16H,3H2,(H,17,18). The highest BCUT2D eigenvalue weighted by atomic mass is 79.9. The predicted molar refractivity (Wildman–Crippen MR) is 83.2 cm³/mol. The SMILES string of the molecule is O=C(O)C1C=CC(NS(=O)(=O)c2c(Cl)cc(Br)cc2Cl)C1. The third-order valence-electron chi connectivity index (χ3n) is 2.94. The second kappa shape index (κ2) is 6.26. The minimum atomic E-state index is -3.95. The molecule has 9 heteroatoms. The number of hydrogen-bond acceptors (Lipinski definition) is 3. The Hall–Kier alpha value is -0.600. The van der Waals surface area contributed by atoms with E-state index in [2.05, 4.69) is 20.7 Å². The van der Waals surface area contributed by atoms with Crippen LogP contribution in [-0.2, 0) is 14.8 Å². The van der Waals surface area contributed by atoms with Crippen LogP contribution in [-0.4, -0.2) is 25.5 Å². The van der Waals surface area contributed by atoms with Crippen LogP contribution in [0.15, 0.2) is 33.7 Å². The molecule has 0 aliphatic heterocycles. The van der Waals surface area contributed by atoms with Gasteiger partial charge in [-0.05, 0) is 18.6 Å². The van der Waals surface area contributed by atoms with Crippen molar-refractivity contribution in [2.75, 3.05) is 0 Å². The van der Waals surface area contributed by atoms with Gasteiger partial charge in [-0.25, -0.2) is 13.1 Å². The number of carbonyl (C=O) groups is 1. The van der Waals surface area contributed by atoms with Gasteiger partial charge in [0.1, 0.15) is 4.90 Å². The summed E-state index contributed by atoms with van der Waals surface area (Å²) in [6.07, 6.45) is 3.12. The summed E-state index contributed by atoms with van der Waals surface area (Å²) in [5.41, 5.74) is 0. The molecule has 0 saturated carbocycles. The Labute approximate surface area is 140 Å². The highest BCUT2D eigenvalue weighted by molar-refractivity contribution is 9.10. The van der Waals surface area contributed by atoms with Crippen molar-refractivity contribution in [1.29, 1.82) is 0 Å². The molecule has 1 aromatic carbocycles. The second-order valence-corrected chi connectivity index (χ2v) is 7.87. The molecule has 0 spiro atoms. The van der Waals surface area contributed by atoms with Crippen LogP contribution < -0.4 is 4.72 Å². The van der Waals surface area contributed by atoms with E-state index in [4.69, 9.17) is 28.3 Å². The van der Waals surface area contributed by atoms with Gasteiger partial charge in [-0.1, -0.05) is 51.3 Å². The first-order chi connectivity index (χ1) is 9.70. The number of carboxylic acid groups (broad SMARTS) is 1. The zero-order valence-corrected chi connectivity index (χ0v) is 14.3. The van der Waals surface area contributed by atoms with Crippen LogP contribution in [0.3, 0.4) is 0 Å². The van der Waals surface area contributed by atoms with Gasteiger partial charge < -0.3 is 5.11 Å². The van der Waals surface area contributed by atoms with Gasteiger partial charge >= 0.3 is 5.97 Å². The van der Waals surface area contributed by atoms with E-state index in [-0.39, 0.29) is 21.4 Å². The predicted octanol–water partition coefficient (Wildman–Crippen LogP) is 3.06. The Balaban J connectivity index is 2.25. The lowest BCUT2D eigenvalue weighted by Crippen LogP contribution is -2.33. The van der Waals surface area contributed by atoms with Crippen LogP contribution in [0.2, 0.25) is 10.0 Å². The number of aliphatic carboxylic acids is 1. The number of benzene rings is 1. The topological polar surface area (TPSA) is 83.5 Å². The Bertz CT molecular complexity index is 697. The minimum Gasteiger partial charge on any atom is -0.481 e. The summed E-state index contributed by atoms with van der Waals surface area (Å²) in [6.45, 7) is 0. The number of halogens is 3. The van der Waals surface area contributed by atoms with Gasteiger partial charge in [-0.3, -0.25) is 4.79 Å². The fourth-order valence-electron chi connectivity index (χ4n) is 2.01. The average molecular weight is 415 g/mol. The fraction of sp³-hybridized carbons (Fsp3) is 0.250. The molecule has 0 fully saturated rings. The van der Waals surface area contributed by atoms with Crippen molar-refractivity contribution in [2.45, 2.75) is 17.4 Å². The molecular formula is C12H10BrCl2NO4S. The maximum atomic E-state index is 12.3. The van der Waals surface area contributed by atoms with Crippen LogP contribution in [0.5, 0.6) is 0 Å². The number of sulfonamides is 1. The van der Waals surface area contributed by atoms with Crippen LogP contribution in [0.25, 0.3) is 0 Å². The molecule has 2 unspecified atom stereocenters. The van der Waals surface area contributed by atoms with Crippen LogP contribution in [0.4, 0.5) is 0 Å². The summed E-state index contributed by atoms with van der Waals surface area (Å²) in [7, 11) is -3.95. The molecule has 5 nitrogen and oxygen atoms in total. The molecule has 0 amide bonds. The molecule has 0 bridgehead atoms. The first-order valence-corrected chi connectivity index (χ1v) is 8.82. The molecule has 1 aliphatic carbocycles. The normalized spacial score (nSPS) is 21.7. The molecule has 0 aromatic heterocycles. The molecule has 1 aliphatic rings. The summed E-state index contributed by atoms with van der Waals surface area (Å²) < 4.78 is 27.6. The van der Waals surface area contributed by atoms with E-state index in [1.54, 1.807) is 0 Å². The van der Waals surface area contributed by atoms with E-state index in [1.807, 2.05) is 0 Å². The molecule has 0 saturated heterocycles. The first-order valence-electron chi connectivity index (χ1n) is 5.78. The zero-order chi connectivity index (χ0) is 15.8. The van der Waals surface area contributed by atoms with Gasteiger partial charge in [-0.15, -0.1) is 0 Å². The van der Waals surface area contributed by atoms with Crippen molar-refractivity contribution in [2.24, 2.45) is 5.92 Å². The lowest BCUT2D eigenvalue weighted by molar-refractivity contribution is -0.140. The molecule has 2 atom stereocenters. The number of rotatable bonds is 4. The quantitative estimate of drug-likeness (QED) is 0.741. The number of nitrogens with one attached hydrogen (secondary N) is 1. The van der Waals surface area contributed by atoms with Crippen molar-refractivity contribution in [1.82, 2.24) is 4.72 Å². The third-order valence-corrected chi connectivity index (χ3v) is 5.81. The number of carboxylic acids is 1. The van der Waals surface area contributed by atoms with E-state index >= 15 is 0 Å². The Morgan fingerprint density at radius 1 is 1.29 bits per heavy atom. The maximum Gasteiger partial charge on any atom is 0.310 e. The first kappa shape index (κ1) is 16.8. The van der Waals surface area contributed by atoms with Crippen molar-refractivity contribution in [3.63, 3.8) is 0 Å². The Kier molecular flexibility index (Phi) is 4.99. The van der Waals surface area contributed by atoms with Gasteiger partial charge in [0.15, 0.2) is 0 Å². The smallest absolute Gasteiger partial charge is 0.310 e. The summed E-state index contributed by atoms with van der Waals surface area (Å²) in [4.78, 5) is 10.6. The van der Waals surface area contributed by atoms with Crippen LogP contribution in [0.1, 0.15) is 6.42 Å². The van der Waals surface area contributed by atoms with E-state index in [1.165, 1.54) is 24.3 Å². The molecule has 1 aromatic rings. The number of hydrogen-bond donors (Lipinski definition) is 2. The highest BCUT2D eigenvalue weighted by Gasteiger charge is 2.30. The molecule has 21 heavy (non-hydrogen) atoms. The summed E-state index contributed by atoms with van der Waals surface area (Å²) in [5.74, 6) is -1.69. The summed E-state index contributed by atoms with van der Waals surface area (Å²) in [5, 5.41) is 8.86. The fourth-order valence-corrected chi connectivity index (χ4v) is 5.15. The van der Waals surface area contributed by atoms with Gasteiger partial charge in [-0.2, -0.15) is 0 Å². The van der Waals surface area contributed by atoms with E-state index < -0.39 is 28.0 Å². The van der Waals surface area contributed by atoms with Gasteiger partial charge in [0, 0.05) is 10.5 Å². The van der Waals surface area contributed by atoms with Crippen molar-refractivity contribution in [3.8, 4) is 0 Å². The molecule has 2 N–H and O–H groups in total. The lowest BCUT2D eigenvalue weighted by Gasteiger charge is -2.14. The monoisotopic (exact) mass is 413 g/mol. The Morgan fingerprint density at radius 2 is 1.86 bits per heavy atom. The van der Waals surface area contributed by atoms with Crippen LogP contribution in [0, 0.1) is 5.92 Å². The second-order valence-electron chi connectivity index (χ2n) is 4.49. The largest absolute Gasteiger partial charge is 0.481 e. The molecule has 114 valence electrons. The molecule has 0 heterocycles. The third kappa shape index (κ3) is 3.78. The maximum absolute atomic E-state index is 12.3.